The van der Waals surface area contributed by atoms with Crippen LogP contribution in [0.15, 0.2) is 24.3 Å². The fourth-order valence-corrected chi connectivity index (χ4v) is 3.16. The predicted molar refractivity (Wildman–Crippen MR) is 80.6 cm³/mol. The molecule has 2 atom stereocenters. The summed E-state index contributed by atoms with van der Waals surface area (Å²) < 4.78 is 5.07. The normalized spacial score (nSPS) is 25.5. The maximum Gasteiger partial charge on any atom is 0.0587 e. The van der Waals surface area contributed by atoms with E-state index in [2.05, 4.69) is 43.4 Å². The van der Waals surface area contributed by atoms with Gasteiger partial charge in [0, 0.05) is 13.7 Å². The second-order valence-corrected chi connectivity index (χ2v) is 5.66. The SMILES string of the molecule is CCc1ccc(C2(CC)CC2CNCCOC)cc1. The molecule has 1 aromatic carbocycles. The third kappa shape index (κ3) is 3.18. The maximum absolute atomic E-state index is 5.07. The lowest BCUT2D eigenvalue weighted by molar-refractivity contribution is 0.199. The molecule has 0 saturated heterocycles. The summed E-state index contributed by atoms with van der Waals surface area (Å²) in [7, 11) is 1.75. The van der Waals surface area contributed by atoms with Gasteiger partial charge < -0.3 is 10.1 Å². The lowest BCUT2D eigenvalue weighted by Gasteiger charge is -2.17. The molecule has 1 N–H and O–H groups in total. The Morgan fingerprint density at radius 2 is 2.00 bits per heavy atom. The Morgan fingerprint density at radius 1 is 1.26 bits per heavy atom. The van der Waals surface area contributed by atoms with Crippen LogP contribution in [0.2, 0.25) is 0 Å². The van der Waals surface area contributed by atoms with Crippen LogP contribution in [0.4, 0.5) is 0 Å². The Hall–Kier alpha value is -0.860. The summed E-state index contributed by atoms with van der Waals surface area (Å²) in [5.74, 6) is 0.793. The Kier molecular flexibility index (Phi) is 5.00. The molecule has 0 spiro atoms. The minimum Gasteiger partial charge on any atom is -0.383 e. The van der Waals surface area contributed by atoms with Gasteiger partial charge in [-0.25, -0.2) is 0 Å². The highest BCUT2D eigenvalue weighted by molar-refractivity contribution is 5.35. The number of ether oxygens (including phenoxy) is 1. The second-order valence-electron chi connectivity index (χ2n) is 5.66. The van der Waals surface area contributed by atoms with E-state index in [1.807, 2.05) is 0 Å². The van der Waals surface area contributed by atoms with Crippen molar-refractivity contribution in [2.45, 2.75) is 38.5 Å². The van der Waals surface area contributed by atoms with Crippen molar-refractivity contribution in [3.63, 3.8) is 0 Å². The van der Waals surface area contributed by atoms with Crippen LogP contribution in [0.5, 0.6) is 0 Å². The fraction of sp³-hybridized carbons (Fsp3) is 0.647. The minimum absolute atomic E-state index is 0.437. The molecule has 1 aliphatic rings. The summed E-state index contributed by atoms with van der Waals surface area (Å²) in [6.45, 7) is 7.42. The molecule has 1 aromatic rings. The quantitative estimate of drug-likeness (QED) is 0.726. The smallest absolute Gasteiger partial charge is 0.0587 e. The highest BCUT2D eigenvalue weighted by atomic mass is 16.5. The molecule has 2 heteroatoms. The molecule has 0 aromatic heterocycles. The number of aryl methyl sites for hydroxylation is 1. The van der Waals surface area contributed by atoms with E-state index in [4.69, 9.17) is 4.74 Å². The van der Waals surface area contributed by atoms with Crippen LogP contribution in [0.3, 0.4) is 0 Å². The fourth-order valence-electron chi connectivity index (χ4n) is 3.16. The molecule has 19 heavy (non-hydrogen) atoms. The van der Waals surface area contributed by atoms with Crippen LogP contribution in [-0.4, -0.2) is 26.8 Å². The monoisotopic (exact) mass is 261 g/mol. The van der Waals surface area contributed by atoms with Gasteiger partial charge in [-0.2, -0.15) is 0 Å². The van der Waals surface area contributed by atoms with E-state index in [0.717, 1.165) is 32.0 Å². The van der Waals surface area contributed by atoms with Crippen LogP contribution in [0.1, 0.15) is 37.8 Å². The van der Waals surface area contributed by atoms with Gasteiger partial charge in [-0.3, -0.25) is 0 Å². The Bertz CT molecular complexity index is 387. The molecule has 1 fully saturated rings. The van der Waals surface area contributed by atoms with Crippen molar-refractivity contribution in [3.8, 4) is 0 Å². The molecule has 0 heterocycles. The van der Waals surface area contributed by atoms with Gasteiger partial charge in [0.2, 0.25) is 0 Å². The molecule has 0 bridgehead atoms. The number of rotatable bonds is 8. The van der Waals surface area contributed by atoms with Crippen LogP contribution in [0.25, 0.3) is 0 Å². The summed E-state index contributed by atoms with van der Waals surface area (Å²) in [4.78, 5) is 0. The molecule has 2 nitrogen and oxygen atoms in total. The average molecular weight is 261 g/mol. The Balaban J connectivity index is 1.93. The summed E-state index contributed by atoms with van der Waals surface area (Å²) in [6, 6.07) is 9.27. The summed E-state index contributed by atoms with van der Waals surface area (Å²) in [5.41, 5.74) is 3.41. The van der Waals surface area contributed by atoms with Gasteiger partial charge in [0.05, 0.1) is 6.61 Å². The first-order chi connectivity index (χ1) is 9.26. The van der Waals surface area contributed by atoms with Crippen molar-refractivity contribution < 1.29 is 4.74 Å². The number of nitrogens with one attached hydrogen (secondary N) is 1. The van der Waals surface area contributed by atoms with Gasteiger partial charge in [-0.1, -0.05) is 38.1 Å². The van der Waals surface area contributed by atoms with E-state index < -0.39 is 0 Å². The van der Waals surface area contributed by atoms with E-state index in [1.165, 1.54) is 24.0 Å². The van der Waals surface area contributed by atoms with Gasteiger partial charge in [0.25, 0.3) is 0 Å². The van der Waals surface area contributed by atoms with Crippen molar-refractivity contribution >= 4 is 0 Å². The number of benzene rings is 1. The van der Waals surface area contributed by atoms with E-state index in [-0.39, 0.29) is 0 Å². The van der Waals surface area contributed by atoms with Crippen LogP contribution in [-0.2, 0) is 16.6 Å². The van der Waals surface area contributed by atoms with Crippen molar-refractivity contribution in [2.75, 3.05) is 26.8 Å². The molecule has 1 aliphatic carbocycles. The summed E-state index contributed by atoms with van der Waals surface area (Å²) in [6.07, 6.45) is 3.70. The second kappa shape index (κ2) is 6.53. The van der Waals surface area contributed by atoms with Crippen LogP contribution < -0.4 is 5.32 Å². The Morgan fingerprint density at radius 3 is 2.58 bits per heavy atom. The molecule has 1 saturated carbocycles. The number of methoxy groups -OCH3 is 1. The summed E-state index contributed by atoms with van der Waals surface area (Å²) >= 11 is 0. The van der Waals surface area contributed by atoms with Crippen LogP contribution >= 0.6 is 0 Å². The minimum atomic E-state index is 0.437. The average Bonchev–Trinajstić information content (AvgIpc) is 3.18. The molecule has 0 radical (unpaired) electrons. The lowest BCUT2D eigenvalue weighted by Crippen LogP contribution is -2.24. The molecule has 0 aliphatic heterocycles. The van der Waals surface area contributed by atoms with E-state index >= 15 is 0 Å². The van der Waals surface area contributed by atoms with Crippen molar-refractivity contribution in [3.05, 3.63) is 35.4 Å². The van der Waals surface area contributed by atoms with E-state index in [1.54, 1.807) is 7.11 Å². The Labute approximate surface area is 117 Å². The molecular weight excluding hydrogens is 234 g/mol. The number of hydrogen-bond acceptors (Lipinski definition) is 2. The zero-order valence-electron chi connectivity index (χ0n) is 12.5. The molecular formula is C17H27NO. The lowest BCUT2D eigenvalue weighted by atomic mass is 9.89. The molecule has 0 amide bonds. The van der Waals surface area contributed by atoms with Crippen LogP contribution in [0, 0.1) is 5.92 Å². The van der Waals surface area contributed by atoms with Crippen molar-refractivity contribution in [2.24, 2.45) is 5.92 Å². The van der Waals surface area contributed by atoms with E-state index in [9.17, 15) is 0 Å². The molecule has 106 valence electrons. The zero-order valence-corrected chi connectivity index (χ0v) is 12.5. The van der Waals surface area contributed by atoms with Gasteiger partial charge in [-0.05, 0) is 48.3 Å². The first-order valence-corrected chi connectivity index (χ1v) is 7.56. The largest absolute Gasteiger partial charge is 0.383 e. The summed E-state index contributed by atoms with van der Waals surface area (Å²) in [5, 5.41) is 3.50. The highest BCUT2D eigenvalue weighted by Gasteiger charge is 2.52. The zero-order chi connectivity index (χ0) is 13.7. The van der Waals surface area contributed by atoms with Crippen molar-refractivity contribution in [1.82, 2.24) is 5.32 Å². The number of hydrogen-bond donors (Lipinski definition) is 1. The predicted octanol–water partition coefficient (Wildman–Crippen LogP) is 3.15. The first-order valence-electron chi connectivity index (χ1n) is 7.56. The standard InChI is InChI=1S/C17H27NO/c1-4-14-6-8-15(9-7-14)17(5-2)12-16(17)13-18-10-11-19-3/h6-9,16,18H,4-5,10-13H2,1-3H3. The molecule has 2 rings (SSSR count). The maximum atomic E-state index is 5.07. The van der Waals surface area contributed by atoms with Gasteiger partial charge in [0.15, 0.2) is 0 Å². The van der Waals surface area contributed by atoms with E-state index in [0.29, 0.717) is 5.41 Å². The van der Waals surface area contributed by atoms with Gasteiger partial charge >= 0.3 is 0 Å². The third-order valence-electron chi connectivity index (χ3n) is 4.67. The highest BCUT2D eigenvalue weighted by Crippen LogP contribution is 2.56. The molecule has 2 unspecified atom stereocenters. The third-order valence-corrected chi connectivity index (χ3v) is 4.67. The first kappa shape index (κ1) is 14.5. The van der Waals surface area contributed by atoms with Crippen molar-refractivity contribution in [1.29, 1.82) is 0 Å². The topological polar surface area (TPSA) is 21.3 Å². The van der Waals surface area contributed by atoms with Gasteiger partial charge in [-0.15, -0.1) is 0 Å². The van der Waals surface area contributed by atoms with Gasteiger partial charge in [0.1, 0.15) is 0 Å².